The molecule has 126 valence electrons. The zero-order chi connectivity index (χ0) is 17.5. The van der Waals surface area contributed by atoms with Crippen LogP contribution in [0.15, 0.2) is 53.0 Å². The molecule has 0 aliphatic carbocycles. The minimum Gasteiger partial charge on any atom is -0.326 e. The molecule has 0 radical (unpaired) electrons. The van der Waals surface area contributed by atoms with Crippen LogP contribution in [0.5, 0.6) is 0 Å². The van der Waals surface area contributed by atoms with Gasteiger partial charge in [-0.3, -0.25) is 9.59 Å². The number of halogens is 1. The summed E-state index contributed by atoms with van der Waals surface area (Å²) in [4.78, 5) is 25.8. The van der Waals surface area contributed by atoms with Crippen LogP contribution < -0.4 is 10.2 Å². The van der Waals surface area contributed by atoms with E-state index < -0.39 is 0 Å². The fraction of sp³-hybridized carbons (Fsp3) is 0.263. The molecular formula is C19H21BrN2O2. The first-order chi connectivity index (χ1) is 11.5. The summed E-state index contributed by atoms with van der Waals surface area (Å²) in [7, 11) is 0. The van der Waals surface area contributed by atoms with Gasteiger partial charge in [-0.05, 0) is 46.1 Å². The molecule has 0 fully saturated rings. The van der Waals surface area contributed by atoms with Gasteiger partial charge < -0.3 is 10.2 Å². The number of para-hydroxylation sites is 2. The Labute approximate surface area is 151 Å². The van der Waals surface area contributed by atoms with Crippen molar-refractivity contribution in [3.8, 4) is 0 Å². The highest BCUT2D eigenvalue weighted by molar-refractivity contribution is 9.10. The van der Waals surface area contributed by atoms with Gasteiger partial charge in [-0.2, -0.15) is 0 Å². The van der Waals surface area contributed by atoms with E-state index in [1.165, 1.54) is 6.92 Å². The molecule has 0 aliphatic rings. The van der Waals surface area contributed by atoms with Gasteiger partial charge in [0, 0.05) is 30.0 Å². The quantitative estimate of drug-likeness (QED) is 0.797. The number of rotatable bonds is 6. The molecule has 0 aromatic heterocycles. The number of hydrogen-bond acceptors (Lipinski definition) is 2. The van der Waals surface area contributed by atoms with Gasteiger partial charge in [0.25, 0.3) is 0 Å². The van der Waals surface area contributed by atoms with Gasteiger partial charge >= 0.3 is 0 Å². The maximum absolute atomic E-state index is 12.3. The summed E-state index contributed by atoms with van der Waals surface area (Å²) in [6.45, 7) is 3.89. The average molecular weight is 389 g/mol. The zero-order valence-electron chi connectivity index (χ0n) is 13.9. The molecule has 0 unspecified atom stereocenters. The van der Waals surface area contributed by atoms with Crippen molar-refractivity contribution in [2.45, 2.75) is 26.7 Å². The van der Waals surface area contributed by atoms with E-state index in [0.717, 1.165) is 27.8 Å². The van der Waals surface area contributed by atoms with Crippen LogP contribution >= 0.6 is 15.9 Å². The van der Waals surface area contributed by atoms with Crippen molar-refractivity contribution in [2.24, 2.45) is 0 Å². The number of aryl methyl sites for hydroxylation is 1. The number of benzene rings is 2. The van der Waals surface area contributed by atoms with Crippen molar-refractivity contribution in [1.29, 1.82) is 0 Å². The molecule has 24 heavy (non-hydrogen) atoms. The SMILES string of the molecule is CCc1ccccc1NC(=O)CCN(C(C)=O)c1ccccc1Br. The van der Waals surface area contributed by atoms with Crippen molar-refractivity contribution in [3.05, 3.63) is 58.6 Å². The lowest BCUT2D eigenvalue weighted by molar-refractivity contribution is -0.117. The molecular weight excluding hydrogens is 368 g/mol. The van der Waals surface area contributed by atoms with Gasteiger partial charge in [0.05, 0.1) is 5.69 Å². The number of carbonyl (C=O) groups is 2. The third-order valence-corrected chi connectivity index (χ3v) is 4.43. The molecule has 0 heterocycles. The second-order valence-corrected chi connectivity index (χ2v) is 6.29. The van der Waals surface area contributed by atoms with Gasteiger partial charge in [-0.25, -0.2) is 0 Å². The normalized spacial score (nSPS) is 10.3. The van der Waals surface area contributed by atoms with Crippen molar-refractivity contribution < 1.29 is 9.59 Å². The molecule has 0 atom stereocenters. The lowest BCUT2D eigenvalue weighted by Crippen LogP contribution is -2.32. The first-order valence-electron chi connectivity index (χ1n) is 7.93. The Balaban J connectivity index is 2.03. The van der Waals surface area contributed by atoms with E-state index >= 15 is 0 Å². The smallest absolute Gasteiger partial charge is 0.226 e. The molecule has 4 nitrogen and oxygen atoms in total. The number of carbonyl (C=O) groups excluding carboxylic acids is 2. The Morgan fingerprint density at radius 2 is 1.75 bits per heavy atom. The number of hydrogen-bond donors (Lipinski definition) is 1. The zero-order valence-corrected chi connectivity index (χ0v) is 15.5. The Kier molecular flexibility index (Phi) is 6.55. The van der Waals surface area contributed by atoms with Crippen molar-refractivity contribution >= 4 is 39.1 Å². The molecule has 2 amide bonds. The topological polar surface area (TPSA) is 49.4 Å². The van der Waals surface area contributed by atoms with E-state index in [1.54, 1.807) is 4.90 Å². The third-order valence-electron chi connectivity index (χ3n) is 3.76. The number of anilines is 2. The molecule has 2 aromatic rings. The molecule has 0 bridgehead atoms. The van der Waals surface area contributed by atoms with Crippen LogP contribution in [-0.4, -0.2) is 18.4 Å². The van der Waals surface area contributed by atoms with Gasteiger partial charge in [-0.15, -0.1) is 0 Å². The molecule has 1 N–H and O–H groups in total. The van der Waals surface area contributed by atoms with Gasteiger partial charge in [0.2, 0.25) is 11.8 Å². The molecule has 2 aromatic carbocycles. The fourth-order valence-corrected chi connectivity index (χ4v) is 2.99. The van der Waals surface area contributed by atoms with E-state index in [-0.39, 0.29) is 18.2 Å². The summed E-state index contributed by atoms with van der Waals surface area (Å²) in [6, 6.07) is 15.2. The van der Waals surface area contributed by atoms with E-state index in [1.807, 2.05) is 48.5 Å². The third kappa shape index (κ3) is 4.68. The van der Waals surface area contributed by atoms with Crippen LogP contribution in [0.1, 0.15) is 25.8 Å². The summed E-state index contributed by atoms with van der Waals surface area (Å²) < 4.78 is 0.830. The van der Waals surface area contributed by atoms with Crippen LogP contribution in [0.4, 0.5) is 11.4 Å². The maximum atomic E-state index is 12.3. The summed E-state index contributed by atoms with van der Waals surface area (Å²) in [6.07, 6.45) is 1.09. The highest BCUT2D eigenvalue weighted by Gasteiger charge is 2.16. The van der Waals surface area contributed by atoms with Gasteiger partial charge in [0.1, 0.15) is 0 Å². The monoisotopic (exact) mass is 388 g/mol. The summed E-state index contributed by atoms with van der Waals surface area (Å²) in [5.74, 6) is -0.196. The molecule has 2 rings (SSSR count). The molecule has 0 saturated heterocycles. The standard InChI is InChI=1S/C19H21BrN2O2/c1-3-15-8-4-6-10-17(15)21-19(24)12-13-22(14(2)23)18-11-7-5-9-16(18)20/h4-11H,3,12-13H2,1-2H3,(H,21,24). The Morgan fingerprint density at radius 3 is 2.42 bits per heavy atom. The average Bonchev–Trinajstić information content (AvgIpc) is 2.57. The van der Waals surface area contributed by atoms with Gasteiger partial charge in [0.15, 0.2) is 0 Å². The Hall–Kier alpha value is -2.14. The fourth-order valence-electron chi connectivity index (χ4n) is 2.49. The minimum absolute atomic E-state index is 0.0938. The highest BCUT2D eigenvalue weighted by atomic mass is 79.9. The number of nitrogens with one attached hydrogen (secondary N) is 1. The highest BCUT2D eigenvalue weighted by Crippen LogP contribution is 2.26. The van der Waals surface area contributed by atoms with Crippen LogP contribution in [0.25, 0.3) is 0 Å². The molecule has 0 saturated carbocycles. The first kappa shape index (κ1) is 18.2. The van der Waals surface area contributed by atoms with E-state index in [2.05, 4.69) is 28.2 Å². The van der Waals surface area contributed by atoms with Crippen LogP contribution in [0.2, 0.25) is 0 Å². The molecule has 0 spiro atoms. The number of amides is 2. The second kappa shape index (κ2) is 8.64. The van der Waals surface area contributed by atoms with Crippen molar-refractivity contribution in [2.75, 3.05) is 16.8 Å². The largest absolute Gasteiger partial charge is 0.326 e. The maximum Gasteiger partial charge on any atom is 0.226 e. The summed E-state index contributed by atoms with van der Waals surface area (Å²) in [5.41, 5.74) is 2.70. The predicted octanol–water partition coefficient (Wildman–Crippen LogP) is 4.39. The first-order valence-corrected chi connectivity index (χ1v) is 8.72. The second-order valence-electron chi connectivity index (χ2n) is 5.43. The predicted molar refractivity (Wildman–Crippen MR) is 101 cm³/mol. The van der Waals surface area contributed by atoms with E-state index in [0.29, 0.717) is 6.54 Å². The molecule has 5 heteroatoms. The van der Waals surface area contributed by atoms with Crippen LogP contribution in [-0.2, 0) is 16.0 Å². The lowest BCUT2D eigenvalue weighted by Gasteiger charge is -2.22. The van der Waals surface area contributed by atoms with E-state index in [9.17, 15) is 9.59 Å². The van der Waals surface area contributed by atoms with Crippen molar-refractivity contribution in [1.82, 2.24) is 0 Å². The van der Waals surface area contributed by atoms with Gasteiger partial charge in [-0.1, -0.05) is 37.3 Å². The lowest BCUT2D eigenvalue weighted by atomic mass is 10.1. The van der Waals surface area contributed by atoms with Crippen molar-refractivity contribution in [3.63, 3.8) is 0 Å². The summed E-state index contributed by atoms with van der Waals surface area (Å²) in [5, 5.41) is 2.93. The van der Waals surface area contributed by atoms with E-state index in [4.69, 9.17) is 0 Å². The Bertz CT molecular complexity index is 731. The van der Waals surface area contributed by atoms with Crippen LogP contribution in [0.3, 0.4) is 0 Å². The summed E-state index contributed by atoms with van der Waals surface area (Å²) >= 11 is 3.45. The number of nitrogens with zero attached hydrogens (tertiary/aromatic N) is 1. The Morgan fingerprint density at radius 1 is 1.08 bits per heavy atom. The van der Waals surface area contributed by atoms with Crippen LogP contribution in [0, 0.1) is 0 Å². The molecule has 0 aliphatic heterocycles. The minimum atomic E-state index is -0.103.